The van der Waals surface area contributed by atoms with Gasteiger partial charge in [-0.05, 0) is 43.0 Å². The molecule has 1 aromatic carbocycles. The van der Waals surface area contributed by atoms with Crippen molar-refractivity contribution in [2.24, 2.45) is 0 Å². The fourth-order valence-corrected chi connectivity index (χ4v) is 1.95. The second-order valence-electron chi connectivity index (χ2n) is 4.58. The molecular weight excluding hydrogens is 182 g/mol. The third-order valence-corrected chi connectivity index (χ3v) is 2.81. The van der Waals surface area contributed by atoms with Crippen LogP contribution in [0.3, 0.4) is 0 Å². The van der Waals surface area contributed by atoms with Gasteiger partial charge in [-0.2, -0.15) is 0 Å². The van der Waals surface area contributed by atoms with Crippen LogP contribution in [0.1, 0.15) is 36.5 Å². The molecule has 0 aliphatic heterocycles. The molecule has 2 rings (SSSR count). The maximum Gasteiger partial charge on any atom is 0.0731 e. The molecule has 0 atom stereocenters. The lowest BCUT2D eigenvalue weighted by molar-refractivity contribution is 0.862. The monoisotopic (exact) mass is 199 g/mol. The smallest absolute Gasteiger partial charge is 0.0731 e. The van der Waals surface area contributed by atoms with Crippen molar-refractivity contribution < 1.29 is 0 Å². The van der Waals surface area contributed by atoms with Crippen molar-refractivity contribution in [1.29, 1.82) is 0 Å². The second-order valence-corrected chi connectivity index (χ2v) is 4.58. The minimum atomic E-state index is 0.544. The van der Waals surface area contributed by atoms with E-state index in [4.69, 9.17) is 0 Å². The standard InChI is InChI=1S/C14H17N/c1-9(2)13-7-12-6-10(3)5-11(4)14(12)15-8-13/h5-9H,1-4H3. The summed E-state index contributed by atoms with van der Waals surface area (Å²) in [6, 6.07) is 6.65. The highest BCUT2D eigenvalue weighted by Crippen LogP contribution is 2.22. The lowest BCUT2D eigenvalue weighted by Gasteiger charge is -2.08. The highest BCUT2D eigenvalue weighted by molar-refractivity contribution is 5.82. The van der Waals surface area contributed by atoms with E-state index in [1.165, 1.54) is 22.1 Å². The van der Waals surface area contributed by atoms with Gasteiger partial charge in [-0.15, -0.1) is 0 Å². The van der Waals surface area contributed by atoms with Crippen molar-refractivity contribution in [3.8, 4) is 0 Å². The quantitative estimate of drug-likeness (QED) is 0.677. The fourth-order valence-electron chi connectivity index (χ4n) is 1.95. The predicted molar refractivity (Wildman–Crippen MR) is 65.3 cm³/mol. The summed E-state index contributed by atoms with van der Waals surface area (Å²) < 4.78 is 0. The van der Waals surface area contributed by atoms with Crippen LogP contribution >= 0.6 is 0 Å². The normalized spacial score (nSPS) is 11.3. The van der Waals surface area contributed by atoms with Crippen LogP contribution in [0.5, 0.6) is 0 Å². The molecule has 1 heterocycles. The predicted octanol–water partition coefficient (Wildman–Crippen LogP) is 3.98. The number of hydrogen-bond acceptors (Lipinski definition) is 1. The molecule has 2 aromatic rings. The molecule has 0 unspecified atom stereocenters. The molecule has 0 bridgehead atoms. The first-order chi connectivity index (χ1) is 7.08. The molecule has 0 amide bonds. The maximum absolute atomic E-state index is 4.54. The summed E-state index contributed by atoms with van der Waals surface area (Å²) in [5.41, 5.74) is 5.01. The Bertz CT molecular complexity index is 498. The zero-order valence-corrected chi connectivity index (χ0v) is 9.83. The van der Waals surface area contributed by atoms with E-state index in [1.807, 2.05) is 6.20 Å². The Balaban J connectivity index is 2.71. The van der Waals surface area contributed by atoms with Crippen LogP contribution in [0, 0.1) is 13.8 Å². The molecule has 1 heteroatoms. The molecule has 0 saturated carbocycles. The van der Waals surface area contributed by atoms with Crippen LogP contribution < -0.4 is 0 Å². The van der Waals surface area contributed by atoms with E-state index in [2.05, 4.69) is 50.9 Å². The van der Waals surface area contributed by atoms with Gasteiger partial charge in [-0.3, -0.25) is 4.98 Å². The highest BCUT2D eigenvalue weighted by Gasteiger charge is 2.04. The summed E-state index contributed by atoms with van der Waals surface area (Å²) in [7, 11) is 0. The van der Waals surface area contributed by atoms with Gasteiger partial charge in [0.25, 0.3) is 0 Å². The van der Waals surface area contributed by atoms with Gasteiger partial charge in [0.1, 0.15) is 0 Å². The van der Waals surface area contributed by atoms with E-state index in [-0.39, 0.29) is 0 Å². The Kier molecular flexibility index (Phi) is 2.47. The Morgan fingerprint density at radius 3 is 2.47 bits per heavy atom. The second kappa shape index (κ2) is 3.65. The summed E-state index contributed by atoms with van der Waals surface area (Å²) in [5.74, 6) is 0.544. The number of hydrogen-bond donors (Lipinski definition) is 0. The van der Waals surface area contributed by atoms with Crippen LogP contribution in [0.4, 0.5) is 0 Å². The van der Waals surface area contributed by atoms with E-state index in [9.17, 15) is 0 Å². The summed E-state index contributed by atoms with van der Waals surface area (Å²) in [4.78, 5) is 4.54. The van der Waals surface area contributed by atoms with Gasteiger partial charge in [0.15, 0.2) is 0 Å². The van der Waals surface area contributed by atoms with Crippen LogP contribution in [0.2, 0.25) is 0 Å². The van der Waals surface area contributed by atoms with Crippen molar-refractivity contribution >= 4 is 10.9 Å². The van der Waals surface area contributed by atoms with E-state index in [0.717, 1.165) is 5.52 Å². The Hall–Kier alpha value is -1.37. The number of rotatable bonds is 1. The minimum Gasteiger partial charge on any atom is -0.256 e. The number of pyridine rings is 1. The molecule has 15 heavy (non-hydrogen) atoms. The van der Waals surface area contributed by atoms with Crippen molar-refractivity contribution in [1.82, 2.24) is 4.98 Å². The summed E-state index contributed by atoms with van der Waals surface area (Å²) in [5, 5.41) is 1.26. The first-order valence-corrected chi connectivity index (χ1v) is 5.45. The van der Waals surface area contributed by atoms with Gasteiger partial charge in [0.2, 0.25) is 0 Å². The number of nitrogens with zero attached hydrogens (tertiary/aromatic N) is 1. The molecule has 0 saturated heterocycles. The molecule has 78 valence electrons. The van der Waals surface area contributed by atoms with Crippen molar-refractivity contribution in [2.45, 2.75) is 33.6 Å². The average molecular weight is 199 g/mol. The van der Waals surface area contributed by atoms with Gasteiger partial charge in [0, 0.05) is 11.6 Å². The Morgan fingerprint density at radius 1 is 1.07 bits per heavy atom. The Labute approximate surface area is 91.2 Å². The largest absolute Gasteiger partial charge is 0.256 e. The average Bonchev–Trinajstić information content (AvgIpc) is 2.16. The van der Waals surface area contributed by atoms with Crippen LogP contribution in [-0.2, 0) is 0 Å². The molecule has 0 radical (unpaired) electrons. The lowest BCUT2D eigenvalue weighted by atomic mass is 10.0. The molecule has 0 aliphatic rings. The van der Waals surface area contributed by atoms with E-state index < -0.39 is 0 Å². The lowest BCUT2D eigenvalue weighted by Crippen LogP contribution is -1.91. The molecule has 0 spiro atoms. The Morgan fingerprint density at radius 2 is 1.80 bits per heavy atom. The first kappa shape index (κ1) is 10.2. The first-order valence-electron chi connectivity index (χ1n) is 5.45. The van der Waals surface area contributed by atoms with Gasteiger partial charge >= 0.3 is 0 Å². The summed E-state index contributed by atoms with van der Waals surface area (Å²) in [6.07, 6.45) is 2.00. The molecule has 1 nitrogen and oxygen atoms in total. The van der Waals surface area contributed by atoms with Crippen molar-refractivity contribution in [2.75, 3.05) is 0 Å². The zero-order chi connectivity index (χ0) is 11.0. The number of benzene rings is 1. The molecule has 0 aliphatic carbocycles. The van der Waals surface area contributed by atoms with Gasteiger partial charge < -0.3 is 0 Å². The highest BCUT2D eigenvalue weighted by atomic mass is 14.7. The van der Waals surface area contributed by atoms with Gasteiger partial charge in [-0.1, -0.05) is 25.5 Å². The van der Waals surface area contributed by atoms with E-state index >= 15 is 0 Å². The van der Waals surface area contributed by atoms with Crippen molar-refractivity contribution in [3.63, 3.8) is 0 Å². The van der Waals surface area contributed by atoms with E-state index in [0.29, 0.717) is 5.92 Å². The van der Waals surface area contributed by atoms with Crippen LogP contribution in [0.15, 0.2) is 24.4 Å². The van der Waals surface area contributed by atoms with Gasteiger partial charge in [-0.25, -0.2) is 0 Å². The summed E-state index contributed by atoms with van der Waals surface area (Å²) >= 11 is 0. The number of fused-ring (bicyclic) bond motifs is 1. The number of aromatic nitrogens is 1. The van der Waals surface area contributed by atoms with Crippen LogP contribution in [-0.4, -0.2) is 4.98 Å². The molecule has 0 N–H and O–H groups in total. The molecule has 1 aromatic heterocycles. The zero-order valence-electron chi connectivity index (χ0n) is 9.83. The van der Waals surface area contributed by atoms with E-state index in [1.54, 1.807) is 0 Å². The molecular formula is C14H17N. The van der Waals surface area contributed by atoms with Crippen LogP contribution in [0.25, 0.3) is 10.9 Å². The van der Waals surface area contributed by atoms with Gasteiger partial charge in [0.05, 0.1) is 5.52 Å². The minimum absolute atomic E-state index is 0.544. The SMILES string of the molecule is Cc1cc(C)c2ncc(C(C)C)cc2c1. The third-order valence-electron chi connectivity index (χ3n) is 2.81. The molecule has 0 fully saturated rings. The fraction of sp³-hybridized carbons (Fsp3) is 0.357. The third kappa shape index (κ3) is 1.87. The number of aryl methyl sites for hydroxylation is 2. The topological polar surface area (TPSA) is 12.9 Å². The summed E-state index contributed by atoms with van der Waals surface area (Å²) in [6.45, 7) is 8.66. The maximum atomic E-state index is 4.54. The van der Waals surface area contributed by atoms with Crippen molar-refractivity contribution in [3.05, 3.63) is 41.1 Å².